The van der Waals surface area contributed by atoms with Crippen LogP contribution in [0.4, 0.5) is 4.39 Å². The van der Waals surface area contributed by atoms with Gasteiger partial charge >= 0.3 is 0 Å². The Bertz CT molecular complexity index is 1310. The normalized spacial score (nSPS) is 11.5. The summed E-state index contributed by atoms with van der Waals surface area (Å²) < 4.78 is 40.9. The third kappa shape index (κ3) is 4.83. The molecule has 4 aromatic rings. The maximum atomic E-state index is 13.1. The largest absolute Gasteiger partial charge is 0.350 e. The molecule has 1 amide bonds. The predicted octanol–water partition coefficient (Wildman–Crippen LogP) is 4.07. The van der Waals surface area contributed by atoms with Crippen LogP contribution in [-0.2, 0) is 33.5 Å². The number of carbonyl (C=O) groups is 1. The number of carbonyl (C=O) groups excluding carboxylic acids is 1. The van der Waals surface area contributed by atoms with E-state index >= 15 is 0 Å². The number of benzene rings is 3. The molecule has 0 fully saturated rings. The van der Waals surface area contributed by atoms with Crippen molar-refractivity contribution in [3.05, 3.63) is 102 Å². The van der Waals surface area contributed by atoms with Gasteiger partial charge in [0.1, 0.15) is 12.4 Å². The molecule has 1 heterocycles. The van der Waals surface area contributed by atoms with Crippen molar-refractivity contribution in [2.75, 3.05) is 0 Å². The van der Waals surface area contributed by atoms with E-state index in [9.17, 15) is 17.6 Å². The Morgan fingerprint density at radius 2 is 1.55 bits per heavy atom. The number of aromatic nitrogens is 1. The first-order chi connectivity index (χ1) is 14.9. The summed E-state index contributed by atoms with van der Waals surface area (Å²) in [5, 5.41) is 3.38. The second-order valence-electron chi connectivity index (χ2n) is 7.29. The van der Waals surface area contributed by atoms with Crippen LogP contribution >= 0.6 is 0 Å². The Labute approximate surface area is 180 Å². The molecule has 1 N–H and O–H groups in total. The fourth-order valence-corrected chi connectivity index (χ4v) is 5.06. The molecule has 0 saturated carbocycles. The van der Waals surface area contributed by atoms with Gasteiger partial charge in [-0.3, -0.25) is 4.79 Å². The molecule has 7 heteroatoms. The number of fused-ring (bicyclic) bond motifs is 1. The molecule has 0 bridgehead atoms. The van der Waals surface area contributed by atoms with Crippen LogP contribution in [0, 0.1) is 5.82 Å². The molecule has 0 aliphatic heterocycles. The van der Waals surface area contributed by atoms with Crippen LogP contribution in [-0.4, -0.2) is 18.9 Å². The number of hydrogen-bond acceptors (Lipinski definition) is 3. The lowest BCUT2D eigenvalue weighted by Crippen LogP contribution is -2.26. The number of rotatable bonds is 7. The average molecular weight is 437 g/mol. The number of amides is 1. The molecule has 5 nitrogen and oxygen atoms in total. The molecule has 0 aliphatic carbocycles. The van der Waals surface area contributed by atoms with Gasteiger partial charge in [0, 0.05) is 23.6 Å². The first-order valence-corrected chi connectivity index (χ1v) is 11.4. The molecule has 0 atom stereocenters. The molecular formula is C24H21FN2O3S. The SMILES string of the molecule is O=C(Cn1cc(S(=O)(=O)Cc2ccccc2)c2ccccc21)NCc1ccc(F)cc1. The maximum absolute atomic E-state index is 13.1. The van der Waals surface area contributed by atoms with E-state index in [-0.39, 0.29) is 35.5 Å². The third-order valence-corrected chi connectivity index (χ3v) is 6.71. The van der Waals surface area contributed by atoms with E-state index in [1.165, 1.54) is 18.3 Å². The lowest BCUT2D eigenvalue weighted by atomic mass is 10.2. The van der Waals surface area contributed by atoms with E-state index in [0.29, 0.717) is 16.5 Å². The number of nitrogens with one attached hydrogen (secondary N) is 1. The van der Waals surface area contributed by atoms with Gasteiger partial charge in [-0.25, -0.2) is 12.8 Å². The van der Waals surface area contributed by atoms with Crippen molar-refractivity contribution < 1.29 is 17.6 Å². The van der Waals surface area contributed by atoms with Crippen molar-refractivity contribution in [1.82, 2.24) is 9.88 Å². The molecule has 4 rings (SSSR count). The third-order valence-electron chi connectivity index (χ3n) is 5.00. The number of hydrogen-bond donors (Lipinski definition) is 1. The Balaban J connectivity index is 1.56. The van der Waals surface area contributed by atoms with Crippen LogP contribution in [0.2, 0.25) is 0 Å². The second-order valence-corrected chi connectivity index (χ2v) is 9.24. The minimum Gasteiger partial charge on any atom is -0.350 e. The number of para-hydroxylation sites is 1. The van der Waals surface area contributed by atoms with Crippen LogP contribution in [0.25, 0.3) is 10.9 Å². The van der Waals surface area contributed by atoms with Crippen molar-refractivity contribution >= 4 is 26.6 Å². The number of sulfone groups is 1. The summed E-state index contributed by atoms with van der Waals surface area (Å²) in [6.45, 7) is 0.236. The van der Waals surface area contributed by atoms with E-state index in [4.69, 9.17) is 0 Å². The molecule has 158 valence electrons. The quantitative estimate of drug-likeness (QED) is 0.475. The monoisotopic (exact) mass is 436 g/mol. The van der Waals surface area contributed by atoms with Crippen molar-refractivity contribution in [1.29, 1.82) is 0 Å². The van der Waals surface area contributed by atoms with Crippen LogP contribution in [0.1, 0.15) is 11.1 Å². The van der Waals surface area contributed by atoms with Gasteiger partial charge < -0.3 is 9.88 Å². The first-order valence-electron chi connectivity index (χ1n) is 9.78. The van der Waals surface area contributed by atoms with E-state index in [1.54, 1.807) is 59.2 Å². The van der Waals surface area contributed by atoms with Crippen LogP contribution in [0.5, 0.6) is 0 Å². The summed E-state index contributed by atoms with van der Waals surface area (Å²) >= 11 is 0. The lowest BCUT2D eigenvalue weighted by Gasteiger charge is -2.07. The minimum absolute atomic E-state index is 0.0252. The highest BCUT2D eigenvalue weighted by atomic mass is 32.2. The highest BCUT2D eigenvalue weighted by molar-refractivity contribution is 7.90. The predicted molar refractivity (Wildman–Crippen MR) is 118 cm³/mol. The molecule has 0 radical (unpaired) electrons. The summed E-state index contributed by atoms with van der Waals surface area (Å²) in [5.41, 5.74) is 2.15. The van der Waals surface area contributed by atoms with Crippen molar-refractivity contribution in [2.24, 2.45) is 0 Å². The van der Waals surface area contributed by atoms with E-state index in [0.717, 1.165) is 5.56 Å². The zero-order chi connectivity index (χ0) is 21.8. The summed E-state index contributed by atoms with van der Waals surface area (Å²) in [6.07, 6.45) is 1.53. The van der Waals surface area contributed by atoms with Gasteiger partial charge in [0.05, 0.1) is 10.6 Å². The lowest BCUT2D eigenvalue weighted by molar-refractivity contribution is -0.121. The van der Waals surface area contributed by atoms with Crippen molar-refractivity contribution in [3.8, 4) is 0 Å². The van der Waals surface area contributed by atoms with Crippen molar-refractivity contribution in [2.45, 2.75) is 23.7 Å². The van der Waals surface area contributed by atoms with Crippen LogP contribution < -0.4 is 5.32 Å². The van der Waals surface area contributed by atoms with E-state index < -0.39 is 9.84 Å². The van der Waals surface area contributed by atoms with Gasteiger partial charge in [-0.1, -0.05) is 60.7 Å². The smallest absolute Gasteiger partial charge is 0.240 e. The second kappa shape index (κ2) is 8.73. The summed E-state index contributed by atoms with van der Waals surface area (Å²) in [5.74, 6) is -0.714. The van der Waals surface area contributed by atoms with Gasteiger partial charge in [0.25, 0.3) is 0 Å². The fraction of sp³-hybridized carbons (Fsp3) is 0.125. The van der Waals surface area contributed by atoms with Gasteiger partial charge in [-0.05, 0) is 29.3 Å². The molecule has 1 aromatic heterocycles. The fourth-order valence-electron chi connectivity index (χ4n) is 3.48. The zero-order valence-corrected chi connectivity index (χ0v) is 17.5. The topological polar surface area (TPSA) is 68.2 Å². The summed E-state index contributed by atoms with van der Waals surface area (Å²) in [7, 11) is -3.60. The molecule has 3 aromatic carbocycles. The van der Waals surface area contributed by atoms with E-state index in [1.807, 2.05) is 12.1 Å². The molecule has 0 saturated heterocycles. The Kier molecular flexibility index (Phi) is 5.86. The standard InChI is InChI=1S/C24H21FN2O3S/c25-20-12-10-18(11-13-20)14-26-24(28)16-27-15-23(21-8-4-5-9-22(21)27)31(29,30)17-19-6-2-1-3-7-19/h1-13,15H,14,16-17H2,(H,26,28). The van der Waals surface area contributed by atoms with Gasteiger partial charge in [-0.2, -0.15) is 0 Å². The molecular weight excluding hydrogens is 415 g/mol. The minimum atomic E-state index is -3.60. The Morgan fingerprint density at radius 3 is 2.29 bits per heavy atom. The Morgan fingerprint density at radius 1 is 0.871 bits per heavy atom. The highest BCUT2D eigenvalue weighted by Crippen LogP contribution is 2.28. The molecule has 31 heavy (non-hydrogen) atoms. The molecule has 0 aliphatic rings. The maximum Gasteiger partial charge on any atom is 0.240 e. The molecule has 0 spiro atoms. The van der Waals surface area contributed by atoms with Crippen LogP contribution in [0.15, 0.2) is 90.0 Å². The highest BCUT2D eigenvalue weighted by Gasteiger charge is 2.22. The summed E-state index contributed by atoms with van der Waals surface area (Å²) in [4.78, 5) is 12.7. The van der Waals surface area contributed by atoms with Gasteiger partial charge in [-0.15, -0.1) is 0 Å². The Hall–Kier alpha value is -3.45. The van der Waals surface area contributed by atoms with Gasteiger partial charge in [0.2, 0.25) is 5.91 Å². The molecule has 0 unspecified atom stereocenters. The van der Waals surface area contributed by atoms with E-state index in [2.05, 4.69) is 5.32 Å². The average Bonchev–Trinajstić information content (AvgIpc) is 3.13. The zero-order valence-electron chi connectivity index (χ0n) is 16.7. The summed E-state index contributed by atoms with van der Waals surface area (Å²) in [6, 6.07) is 22.0. The first kappa shape index (κ1) is 20.8. The number of halogens is 1. The van der Waals surface area contributed by atoms with Gasteiger partial charge in [0.15, 0.2) is 9.84 Å². The van der Waals surface area contributed by atoms with Crippen LogP contribution in [0.3, 0.4) is 0 Å². The van der Waals surface area contributed by atoms with Crippen molar-refractivity contribution in [3.63, 3.8) is 0 Å². The number of nitrogens with zero attached hydrogens (tertiary/aromatic N) is 1.